The van der Waals surface area contributed by atoms with Crippen molar-refractivity contribution in [2.24, 2.45) is 0 Å². The van der Waals surface area contributed by atoms with E-state index in [0.29, 0.717) is 35.3 Å². The summed E-state index contributed by atoms with van der Waals surface area (Å²) in [6, 6.07) is 9.81. The number of ether oxygens (including phenoxy) is 5. The van der Waals surface area contributed by atoms with Crippen LogP contribution in [0.3, 0.4) is 0 Å². The molecule has 2 aromatic carbocycles. The molecule has 2 aromatic rings. The largest absolute Gasteiger partial charge is 0.494 e. The highest BCUT2D eigenvalue weighted by atomic mass is 16.6. The molecular weight excluding hydrogens is 378 g/mol. The van der Waals surface area contributed by atoms with E-state index in [1.54, 1.807) is 24.3 Å². The summed E-state index contributed by atoms with van der Waals surface area (Å²) in [6.45, 7) is 3.93. The molecule has 8 heteroatoms. The molecule has 2 rings (SSSR count). The monoisotopic (exact) mass is 403 g/mol. The van der Waals surface area contributed by atoms with Crippen LogP contribution >= 0.6 is 0 Å². The van der Waals surface area contributed by atoms with Gasteiger partial charge in [0.15, 0.2) is 17.6 Å². The number of carbonyl (C=O) groups excluding carboxylic acids is 2. The van der Waals surface area contributed by atoms with Crippen molar-refractivity contribution in [3.8, 4) is 23.0 Å². The average Bonchev–Trinajstić information content (AvgIpc) is 2.73. The summed E-state index contributed by atoms with van der Waals surface area (Å²) < 4.78 is 26.3. The molecule has 0 aliphatic rings. The van der Waals surface area contributed by atoms with E-state index < -0.39 is 18.0 Å². The number of nitrogens with one attached hydrogen (secondary N) is 1. The Balaban J connectivity index is 2.06. The molecule has 0 spiro atoms. The highest BCUT2D eigenvalue weighted by Gasteiger charge is 2.22. The molecule has 0 aromatic heterocycles. The van der Waals surface area contributed by atoms with E-state index >= 15 is 0 Å². The Morgan fingerprint density at radius 2 is 1.55 bits per heavy atom. The van der Waals surface area contributed by atoms with Gasteiger partial charge in [-0.05, 0) is 50.2 Å². The number of methoxy groups -OCH3 is 3. The van der Waals surface area contributed by atoms with Crippen LogP contribution in [0.1, 0.15) is 24.2 Å². The Morgan fingerprint density at radius 1 is 0.966 bits per heavy atom. The molecule has 1 amide bonds. The van der Waals surface area contributed by atoms with Gasteiger partial charge in [-0.3, -0.25) is 4.79 Å². The van der Waals surface area contributed by atoms with E-state index in [1.807, 2.05) is 6.92 Å². The van der Waals surface area contributed by atoms with E-state index in [-0.39, 0.29) is 5.56 Å². The minimum atomic E-state index is -1.02. The van der Waals surface area contributed by atoms with Crippen molar-refractivity contribution in [2.45, 2.75) is 20.0 Å². The van der Waals surface area contributed by atoms with Crippen LogP contribution in [0.25, 0.3) is 0 Å². The molecule has 0 aliphatic carbocycles. The van der Waals surface area contributed by atoms with Gasteiger partial charge in [0.25, 0.3) is 5.91 Å². The van der Waals surface area contributed by atoms with Crippen molar-refractivity contribution in [1.29, 1.82) is 0 Å². The number of esters is 1. The van der Waals surface area contributed by atoms with E-state index in [9.17, 15) is 9.59 Å². The minimum absolute atomic E-state index is 0.167. The van der Waals surface area contributed by atoms with Crippen molar-refractivity contribution in [3.63, 3.8) is 0 Å². The van der Waals surface area contributed by atoms with Crippen LogP contribution in [0.15, 0.2) is 36.4 Å². The maximum Gasteiger partial charge on any atom is 0.339 e. The normalized spacial score (nSPS) is 11.2. The first kappa shape index (κ1) is 21.9. The van der Waals surface area contributed by atoms with E-state index in [4.69, 9.17) is 23.7 Å². The molecule has 1 N–H and O–H groups in total. The summed E-state index contributed by atoms with van der Waals surface area (Å²) in [5.74, 6) is 0.518. The lowest BCUT2D eigenvalue weighted by Crippen LogP contribution is -2.30. The average molecular weight is 403 g/mol. The second kappa shape index (κ2) is 10.2. The number of hydrogen-bond acceptors (Lipinski definition) is 7. The Morgan fingerprint density at radius 3 is 2.03 bits per heavy atom. The van der Waals surface area contributed by atoms with Gasteiger partial charge in [0.1, 0.15) is 5.75 Å². The molecule has 156 valence electrons. The molecule has 1 atom stereocenters. The second-order valence-electron chi connectivity index (χ2n) is 5.91. The number of benzene rings is 2. The number of amides is 1. The van der Waals surface area contributed by atoms with Crippen LogP contribution in [0.4, 0.5) is 5.69 Å². The third-order valence-corrected chi connectivity index (χ3v) is 3.99. The van der Waals surface area contributed by atoms with Crippen molar-refractivity contribution >= 4 is 17.6 Å². The zero-order valence-corrected chi connectivity index (χ0v) is 17.1. The van der Waals surface area contributed by atoms with E-state index in [1.165, 1.54) is 40.4 Å². The molecule has 29 heavy (non-hydrogen) atoms. The third kappa shape index (κ3) is 5.54. The Hall–Kier alpha value is -3.42. The number of anilines is 1. The van der Waals surface area contributed by atoms with Gasteiger partial charge in [0.05, 0.1) is 33.5 Å². The molecule has 0 unspecified atom stereocenters. The van der Waals surface area contributed by atoms with Gasteiger partial charge in [-0.25, -0.2) is 4.79 Å². The quantitative estimate of drug-likeness (QED) is 0.642. The van der Waals surface area contributed by atoms with Crippen LogP contribution in [-0.2, 0) is 9.53 Å². The summed E-state index contributed by atoms with van der Waals surface area (Å²) in [5.41, 5.74) is 0.731. The van der Waals surface area contributed by atoms with Crippen molar-refractivity contribution < 1.29 is 33.3 Å². The third-order valence-electron chi connectivity index (χ3n) is 3.99. The molecule has 0 heterocycles. The Labute approximate surface area is 169 Å². The smallest absolute Gasteiger partial charge is 0.339 e. The van der Waals surface area contributed by atoms with Crippen LogP contribution in [0, 0.1) is 0 Å². The maximum atomic E-state index is 12.5. The van der Waals surface area contributed by atoms with Crippen molar-refractivity contribution in [3.05, 3.63) is 42.0 Å². The van der Waals surface area contributed by atoms with Crippen LogP contribution in [0.5, 0.6) is 23.0 Å². The Kier molecular flexibility index (Phi) is 7.70. The first-order valence-corrected chi connectivity index (χ1v) is 8.98. The number of rotatable bonds is 9. The van der Waals surface area contributed by atoms with Crippen molar-refractivity contribution in [1.82, 2.24) is 0 Å². The first-order chi connectivity index (χ1) is 13.9. The summed E-state index contributed by atoms with van der Waals surface area (Å²) in [4.78, 5) is 24.8. The minimum Gasteiger partial charge on any atom is -0.494 e. The predicted molar refractivity (Wildman–Crippen MR) is 107 cm³/mol. The molecule has 0 saturated carbocycles. The van der Waals surface area contributed by atoms with Crippen molar-refractivity contribution in [2.75, 3.05) is 33.3 Å². The summed E-state index contributed by atoms with van der Waals surface area (Å²) in [7, 11) is 4.35. The maximum absolute atomic E-state index is 12.5. The molecule has 8 nitrogen and oxygen atoms in total. The van der Waals surface area contributed by atoms with Crippen LogP contribution < -0.4 is 24.3 Å². The van der Waals surface area contributed by atoms with Gasteiger partial charge in [0, 0.05) is 5.69 Å². The van der Waals surface area contributed by atoms with Gasteiger partial charge < -0.3 is 29.0 Å². The highest BCUT2D eigenvalue weighted by molar-refractivity contribution is 5.97. The summed E-state index contributed by atoms with van der Waals surface area (Å²) >= 11 is 0. The fraction of sp³-hybridized carbons (Fsp3) is 0.333. The predicted octanol–water partition coefficient (Wildman–Crippen LogP) is 3.30. The van der Waals surface area contributed by atoms with Gasteiger partial charge in [-0.1, -0.05) is 0 Å². The molecule has 0 fully saturated rings. The molecular formula is C21H25NO7. The molecule has 0 saturated heterocycles. The zero-order valence-electron chi connectivity index (χ0n) is 17.1. The second-order valence-corrected chi connectivity index (χ2v) is 5.91. The molecule has 0 radical (unpaired) electrons. The first-order valence-electron chi connectivity index (χ1n) is 8.98. The van der Waals surface area contributed by atoms with E-state index in [2.05, 4.69) is 5.32 Å². The SMILES string of the molecule is CCOc1ccc(NC(=O)[C@H](C)OC(=O)c2cc(OC)c(OC)c(OC)c2)cc1. The fourth-order valence-electron chi connectivity index (χ4n) is 2.53. The Bertz CT molecular complexity index is 824. The fourth-order valence-corrected chi connectivity index (χ4v) is 2.53. The summed E-state index contributed by atoms with van der Waals surface area (Å²) in [6.07, 6.45) is -1.02. The standard InChI is InChI=1S/C21H25NO7/c1-6-28-16-9-7-15(8-10-16)22-20(23)13(2)29-21(24)14-11-17(25-3)19(27-5)18(12-14)26-4/h7-13H,6H2,1-5H3,(H,22,23)/t13-/m0/s1. The zero-order chi connectivity index (χ0) is 21.4. The number of hydrogen-bond donors (Lipinski definition) is 1. The van der Waals surface area contributed by atoms with Gasteiger partial charge in [-0.2, -0.15) is 0 Å². The van der Waals surface area contributed by atoms with Gasteiger partial charge in [0.2, 0.25) is 5.75 Å². The highest BCUT2D eigenvalue weighted by Crippen LogP contribution is 2.38. The van der Waals surface area contributed by atoms with Crippen LogP contribution in [0.2, 0.25) is 0 Å². The van der Waals surface area contributed by atoms with Gasteiger partial charge in [-0.15, -0.1) is 0 Å². The molecule has 0 aliphatic heterocycles. The lowest BCUT2D eigenvalue weighted by atomic mass is 10.2. The van der Waals surface area contributed by atoms with Gasteiger partial charge >= 0.3 is 5.97 Å². The lowest BCUT2D eigenvalue weighted by Gasteiger charge is -2.16. The van der Waals surface area contributed by atoms with Crippen LogP contribution in [-0.4, -0.2) is 45.9 Å². The van der Waals surface area contributed by atoms with E-state index in [0.717, 1.165) is 0 Å². The summed E-state index contributed by atoms with van der Waals surface area (Å²) in [5, 5.41) is 2.69. The molecule has 0 bridgehead atoms. The topological polar surface area (TPSA) is 92.3 Å². The lowest BCUT2D eigenvalue weighted by molar-refractivity contribution is -0.123. The number of carbonyl (C=O) groups is 2.